The van der Waals surface area contributed by atoms with Gasteiger partial charge in [0.05, 0.1) is 0 Å². The molecule has 1 fully saturated rings. The molecule has 4 nitrogen and oxygen atoms in total. The summed E-state index contributed by atoms with van der Waals surface area (Å²) in [6, 6.07) is 1.93. The maximum Gasteiger partial charge on any atom is 0.346 e. The van der Waals surface area contributed by atoms with E-state index >= 15 is 0 Å². The highest BCUT2D eigenvalue weighted by Gasteiger charge is 2.17. The number of thiophene rings is 1. The van der Waals surface area contributed by atoms with E-state index in [1.54, 1.807) is 0 Å². The molecule has 1 aromatic heterocycles. The van der Waals surface area contributed by atoms with Crippen molar-refractivity contribution in [1.82, 2.24) is 9.80 Å². The number of hydrogen-bond donors (Lipinski definition) is 1. The first-order chi connectivity index (χ1) is 8.16. The van der Waals surface area contributed by atoms with Crippen LogP contribution in [0.2, 0.25) is 0 Å². The fourth-order valence-electron chi connectivity index (χ4n) is 2.15. The van der Waals surface area contributed by atoms with Gasteiger partial charge in [0.25, 0.3) is 0 Å². The SMILES string of the molecule is CN1CCCN(Cc2ccsc2C(=O)O)CC1. The third-order valence-corrected chi connectivity index (χ3v) is 4.09. The lowest BCUT2D eigenvalue weighted by molar-refractivity contribution is 0.0700. The smallest absolute Gasteiger partial charge is 0.346 e. The lowest BCUT2D eigenvalue weighted by Gasteiger charge is -2.19. The molecule has 2 rings (SSSR count). The van der Waals surface area contributed by atoms with Gasteiger partial charge in [0.2, 0.25) is 0 Å². The van der Waals surface area contributed by atoms with E-state index in [-0.39, 0.29) is 0 Å². The van der Waals surface area contributed by atoms with E-state index in [0.717, 1.165) is 44.7 Å². The largest absolute Gasteiger partial charge is 0.477 e. The van der Waals surface area contributed by atoms with Crippen LogP contribution < -0.4 is 0 Å². The lowest BCUT2D eigenvalue weighted by atomic mass is 10.2. The van der Waals surface area contributed by atoms with Gasteiger partial charge in [-0.05, 0) is 43.6 Å². The van der Waals surface area contributed by atoms with Crippen LogP contribution in [0.3, 0.4) is 0 Å². The third-order valence-electron chi connectivity index (χ3n) is 3.15. The lowest BCUT2D eigenvalue weighted by Crippen LogP contribution is -2.28. The van der Waals surface area contributed by atoms with Gasteiger partial charge in [-0.25, -0.2) is 4.79 Å². The van der Waals surface area contributed by atoms with Gasteiger partial charge in [-0.2, -0.15) is 0 Å². The number of carbonyl (C=O) groups is 1. The van der Waals surface area contributed by atoms with Gasteiger partial charge < -0.3 is 10.0 Å². The van der Waals surface area contributed by atoms with Gasteiger partial charge in [0.15, 0.2) is 0 Å². The minimum Gasteiger partial charge on any atom is -0.477 e. The molecule has 0 aliphatic carbocycles. The Labute approximate surface area is 105 Å². The van der Waals surface area contributed by atoms with Crippen LogP contribution in [0.5, 0.6) is 0 Å². The van der Waals surface area contributed by atoms with Crippen LogP contribution in [0.4, 0.5) is 0 Å². The van der Waals surface area contributed by atoms with Crippen molar-refractivity contribution in [2.45, 2.75) is 13.0 Å². The van der Waals surface area contributed by atoms with Gasteiger partial charge in [-0.1, -0.05) is 0 Å². The minimum atomic E-state index is -0.804. The number of rotatable bonds is 3. The van der Waals surface area contributed by atoms with E-state index in [1.807, 2.05) is 11.4 Å². The predicted octanol–water partition coefficient (Wildman–Crippen LogP) is 1.58. The Morgan fingerprint density at radius 2 is 2.24 bits per heavy atom. The molecule has 2 heterocycles. The molecule has 0 aromatic carbocycles. The van der Waals surface area contributed by atoms with Gasteiger partial charge >= 0.3 is 5.97 Å². The van der Waals surface area contributed by atoms with Crippen LogP contribution in [0.15, 0.2) is 11.4 Å². The van der Waals surface area contributed by atoms with Crippen molar-refractivity contribution in [2.75, 3.05) is 33.2 Å². The normalized spacial score (nSPS) is 19.1. The molecule has 5 heteroatoms. The molecule has 0 bridgehead atoms. The standard InChI is InChI=1S/C12H18N2O2S/c1-13-4-2-5-14(7-6-13)9-10-3-8-17-11(10)12(15)16/h3,8H,2,4-7,9H2,1H3,(H,15,16). The van der Waals surface area contributed by atoms with Crippen LogP contribution in [0.1, 0.15) is 21.7 Å². The minimum absolute atomic E-state index is 0.489. The molecule has 0 unspecified atom stereocenters. The van der Waals surface area contributed by atoms with E-state index in [1.165, 1.54) is 11.3 Å². The molecule has 0 atom stereocenters. The van der Waals surface area contributed by atoms with Crippen molar-refractivity contribution in [3.8, 4) is 0 Å². The Balaban J connectivity index is 2.00. The topological polar surface area (TPSA) is 43.8 Å². The molecule has 1 N–H and O–H groups in total. The molecule has 0 spiro atoms. The fraction of sp³-hybridized carbons (Fsp3) is 0.583. The molecule has 0 radical (unpaired) electrons. The van der Waals surface area contributed by atoms with Crippen molar-refractivity contribution in [1.29, 1.82) is 0 Å². The number of aromatic carboxylic acids is 1. The van der Waals surface area contributed by atoms with Gasteiger partial charge in [-0.3, -0.25) is 4.90 Å². The van der Waals surface area contributed by atoms with Gasteiger partial charge in [0, 0.05) is 19.6 Å². The number of likely N-dealkylation sites (N-methyl/N-ethyl adjacent to an activating group) is 1. The van der Waals surface area contributed by atoms with Crippen molar-refractivity contribution in [2.24, 2.45) is 0 Å². The quantitative estimate of drug-likeness (QED) is 0.889. The molecule has 0 amide bonds. The summed E-state index contributed by atoms with van der Waals surface area (Å²) in [6.07, 6.45) is 1.16. The Hall–Kier alpha value is -0.910. The zero-order valence-corrected chi connectivity index (χ0v) is 10.9. The zero-order chi connectivity index (χ0) is 12.3. The van der Waals surface area contributed by atoms with Crippen molar-refractivity contribution < 1.29 is 9.90 Å². The second kappa shape index (κ2) is 5.62. The van der Waals surface area contributed by atoms with Crippen molar-refractivity contribution in [3.63, 3.8) is 0 Å². The molecule has 1 aliphatic heterocycles. The third kappa shape index (κ3) is 3.28. The van der Waals surface area contributed by atoms with E-state index in [0.29, 0.717) is 4.88 Å². The van der Waals surface area contributed by atoms with Crippen LogP contribution >= 0.6 is 11.3 Å². The summed E-state index contributed by atoms with van der Waals surface area (Å²) in [5, 5.41) is 10.9. The zero-order valence-electron chi connectivity index (χ0n) is 10.1. The maximum atomic E-state index is 11.0. The molecule has 0 saturated carbocycles. The molecule has 94 valence electrons. The molecule has 1 aliphatic rings. The highest BCUT2D eigenvalue weighted by Crippen LogP contribution is 2.19. The Kier molecular flexibility index (Phi) is 4.15. The van der Waals surface area contributed by atoms with Crippen molar-refractivity contribution in [3.05, 3.63) is 21.9 Å². The number of carboxylic acids is 1. The summed E-state index contributed by atoms with van der Waals surface area (Å²) in [5.41, 5.74) is 0.951. The van der Waals surface area contributed by atoms with Crippen molar-refractivity contribution >= 4 is 17.3 Å². The monoisotopic (exact) mass is 254 g/mol. The Bertz CT molecular complexity index is 392. The Morgan fingerprint density at radius 1 is 1.41 bits per heavy atom. The van der Waals surface area contributed by atoms with Crippen LogP contribution in [0.25, 0.3) is 0 Å². The number of nitrogens with zero attached hydrogens (tertiary/aromatic N) is 2. The summed E-state index contributed by atoms with van der Waals surface area (Å²) < 4.78 is 0. The van der Waals surface area contributed by atoms with E-state index in [2.05, 4.69) is 16.8 Å². The summed E-state index contributed by atoms with van der Waals surface area (Å²) >= 11 is 1.32. The van der Waals surface area contributed by atoms with E-state index < -0.39 is 5.97 Å². The van der Waals surface area contributed by atoms with Crippen LogP contribution in [-0.2, 0) is 6.54 Å². The molecule has 17 heavy (non-hydrogen) atoms. The van der Waals surface area contributed by atoms with Crippen LogP contribution in [0, 0.1) is 0 Å². The average Bonchev–Trinajstić information content (AvgIpc) is 2.64. The first kappa shape index (κ1) is 12.5. The Morgan fingerprint density at radius 3 is 3.00 bits per heavy atom. The number of carboxylic acid groups (broad SMARTS) is 1. The predicted molar refractivity (Wildman–Crippen MR) is 68.7 cm³/mol. The second-order valence-corrected chi connectivity index (χ2v) is 5.43. The first-order valence-corrected chi connectivity index (χ1v) is 6.75. The summed E-state index contributed by atoms with van der Waals surface area (Å²) in [5.74, 6) is -0.804. The molecule has 1 aromatic rings. The van der Waals surface area contributed by atoms with Gasteiger partial charge in [-0.15, -0.1) is 11.3 Å². The fourth-order valence-corrected chi connectivity index (χ4v) is 2.90. The maximum absolute atomic E-state index is 11.0. The summed E-state index contributed by atoms with van der Waals surface area (Å²) in [4.78, 5) is 16.2. The van der Waals surface area contributed by atoms with E-state index in [4.69, 9.17) is 5.11 Å². The highest BCUT2D eigenvalue weighted by atomic mass is 32.1. The molecule has 1 saturated heterocycles. The van der Waals surface area contributed by atoms with E-state index in [9.17, 15) is 4.79 Å². The average molecular weight is 254 g/mol. The molecular weight excluding hydrogens is 236 g/mol. The second-order valence-electron chi connectivity index (χ2n) is 4.51. The summed E-state index contributed by atoms with van der Waals surface area (Å²) in [6.45, 7) is 5.03. The van der Waals surface area contributed by atoms with Crippen LogP contribution in [-0.4, -0.2) is 54.1 Å². The molecular formula is C12H18N2O2S. The first-order valence-electron chi connectivity index (χ1n) is 5.87. The van der Waals surface area contributed by atoms with Gasteiger partial charge in [0.1, 0.15) is 4.88 Å². The summed E-state index contributed by atoms with van der Waals surface area (Å²) in [7, 11) is 2.14. The number of hydrogen-bond acceptors (Lipinski definition) is 4. The highest BCUT2D eigenvalue weighted by molar-refractivity contribution is 7.12.